The van der Waals surface area contributed by atoms with Gasteiger partial charge in [0.2, 0.25) is 5.92 Å². The average Bonchev–Trinajstić information content (AvgIpc) is 2.71. The molecule has 3 aromatic rings. The van der Waals surface area contributed by atoms with Gasteiger partial charge in [0.15, 0.2) is 5.43 Å². The van der Waals surface area contributed by atoms with Crippen molar-refractivity contribution in [3.8, 4) is 0 Å². The molecule has 4 rings (SSSR count). The van der Waals surface area contributed by atoms with Crippen molar-refractivity contribution in [2.45, 2.75) is 37.1 Å². The maximum Gasteiger partial charge on any atom is 0.248 e. The molecule has 164 valence electrons. The van der Waals surface area contributed by atoms with E-state index in [1.807, 2.05) is 11.8 Å². The van der Waals surface area contributed by atoms with Crippen LogP contribution in [-0.2, 0) is 11.3 Å². The average molecular weight is 466 g/mol. The van der Waals surface area contributed by atoms with E-state index in [4.69, 9.17) is 11.6 Å². The number of halogens is 3. The summed E-state index contributed by atoms with van der Waals surface area (Å²) in [6.45, 7) is 2.45. The number of aldehydes is 1. The predicted octanol–water partition coefficient (Wildman–Crippen LogP) is 5.00. The van der Waals surface area contributed by atoms with E-state index in [2.05, 4.69) is 4.98 Å². The molecule has 0 saturated heterocycles. The van der Waals surface area contributed by atoms with Gasteiger partial charge in [-0.05, 0) is 35.9 Å². The second kappa shape index (κ2) is 8.39. The Bertz CT molecular complexity index is 1220. The normalized spacial score (nSPS) is 15.9. The van der Waals surface area contributed by atoms with E-state index in [-0.39, 0.29) is 30.7 Å². The molecule has 1 aliphatic rings. The summed E-state index contributed by atoms with van der Waals surface area (Å²) in [6, 6.07) is 6.78. The van der Waals surface area contributed by atoms with Crippen molar-refractivity contribution >= 4 is 57.4 Å². The molecular weight excluding hydrogens is 444 g/mol. The summed E-state index contributed by atoms with van der Waals surface area (Å²) < 4.78 is 28.1. The number of hydrogen-bond donors (Lipinski definition) is 0. The van der Waals surface area contributed by atoms with E-state index in [0.717, 1.165) is 16.9 Å². The van der Waals surface area contributed by atoms with Gasteiger partial charge in [0, 0.05) is 31.8 Å². The Kier molecular flexibility index (Phi) is 5.96. The van der Waals surface area contributed by atoms with Crippen molar-refractivity contribution < 1.29 is 13.6 Å². The molecule has 0 atom stereocenters. The number of rotatable bonds is 7. The van der Waals surface area contributed by atoms with Gasteiger partial charge in [-0.25, -0.2) is 13.8 Å². The van der Waals surface area contributed by atoms with Crippen molar-refractivity contribution in [1.29, 1.82) is 0 Å². The molecule has 9 heteroatoms. The number of pyridine rings is 2. The van der Waals surface area contributed by atoms with Crippen LogP contribution in [0.25, 0.3) is 21.9 Å². The van der Waals surface area contributed by atoms with Crippen LogP contribution in [0.15, 0.2) is 34.0 Å². The van der Waals surface area contributed by atoms with Crippen molar-refractivity contribution in [2.75, 3.05) is 24.2 Å². The number of anilines is 1. The third kappa shape index (κ3) is 4.03. The Morgan fingerprint density at radius 1 is 1.29 bits per heavy atom. The lowest BCUT2D eigenvalue weighted by Gasteiger charge is -2.37. The van der Waals surface area contributed by atoms with Crippen molar-refractivity contribution in [3.63, 3.8) is 0 Å². The maximum atomic E-state index is 13.2. The lowest BCUT2D eigenvalue weighted by Crippen LogP contribution is -2.41. The molecule has 0 spiro atoms. The molecule has 0 amide bonds. The minimum atomic E-state index is -2.57. The molecular formula is C22H22ClF2N3O2S. The Morgan fingerprint density at radius 3 is 2.65 bits per heavy atom. The van der Waals surface area contributed by atoms with Crippen LogP contribution in [0.2, 0.25) is 5.02 Å². The first-order valence-corrected chi connectivity index (χ1v) is 11.4. The van der Waals surface area contributed by atoms with Crippen LogP contribution in [0, 0.1) is 5.92 Å². The van der Waals surface area contributed by atoms with E-state index < -0.39 is 5.92 Å². The Balaban J connectivity index is 1.88. The fourth-order valence-electron chi connectivity index (χ4n) is 4.21. The zero-order valence-corrected chi connectivity index (χ0v) is 18.8. The van der Waals surface area contributed by atoms with Gasteiger partial charge < -0.3 is 14.3 Å². The van der Waals surface area contributed by atoms with Crippen LogP contribution < -0.4 is 10.3 Å². The van der Waals surface area contributed by atoms with Gasteiger partial charge in [0.1, 0.15) is 17.8 Å². The van der Waals surface area contributed by atoms with E-state index >= 15 is 0 Å². The van der Waals surface area contributed by atoms with Gasteiger partial charge in [0.25, 0.3) is 0 Å². The number of fused-ring (bicyclic) bond motifs is 2. The lowest BCUT2D eigenvalue weighted by molar-refractivity contribution is -0.108. The van der Waals surface area contributed by atoms with E-state index in [9.17, 15) is 18.4 Å². The molecule has 0 unspecified atom stereocenters. The minimum absolute atomic E-state index is 0.0138. The maximum absolute atomic E-state index is 13.2. The Morgan fingerprint density at radius 2 is 2.00 bits per heavy atom. The number of nitrogens with zero attached hydrogens (tertiary/aromatic N) is 3. The number of thioether (sulfide) groups is 1. The highest BCUT2D eigenvalue weighted by molar-refractivity contribution is 7.99. The van der Waals surface area contributed by atoms with Crippen molar-refractivity contribution in [1.82, 2.24) is 9.55 Å². The van der Waals surface area contributed by atoms with Gasteiger partial charge in [-0.15, -0.1) is 11.8 Å². The molecule has 2 heterocycles. The second-order valence-corrected chi connectivity index (χ2v) is 9.54. The van der Waals surface area contributed by atoms with Gasteiger partial charge >= 0.3 is 0 Å². The highest BCUT2D eigenvalue weighted by atomic mass is 35.5. The summed E-state index contributed by atoms with van der Waals surface area (Å²) in [5.74, 6) is -1.36. The molecule has 5 nitrogen and oxygen atoms in total. The van der Waals surface area contributed by atoms with Crippen molar-refractivity contribution in [2.24, 2.45) is 5.92 Å². The minimum Gasteiger partial charge on any atom is -0.359 e. The molecule has 0 aliphatic heterocycles. The first-order valence-electron chi connectivity index (χ1n) is 10.1. The molecule has 2 aromatic heterocycles. The predicted molar refractivity (Wildman–Crippen MR) is 122 cm³/mol. The molecule has 1 aliphatic carbocycles. The molecule has 0 radical (unpaired) electrons. The smallest absolute Gasteiger partial charge is 0.248 e. The molecule has 31 heavy (non-hydrogen) atoms. The molecule has 0 bridgehead atoms. The van der Waals surface area contributed by atoms with E-state index in [1.54, 1.807) is 35.9 Å². The summed E-state index contributed by atoms with van der Waals surface area (Å²) in [5.41, 5.74) is 0.796. The third-order valence-corrected chi connectivity index (χ3v) is 7.02. The van der Waals surface area contributed by atoms with E-state index in [0.29, 0.717) is 39.3 Å². The van der Waals surface area contributed by atoms with Crippen LogP contribution in [0.1, 0.15) is 19.8 Å². The summed E-state index contributed by atoms with van der Waals surface area (Å²) in [4.78, 5) is 32.0. The lowest BCUT2D eigenvalue weighted by atomic mass is 9.81. The number of carbonyl (C=O) groups is 1. The topological polar surface area (TPSA) is 55.2 Å². The van der Waals surface area contributed by atoms with Gasteiger partial charge in [-0.2, -0.15) is 0 Å². The van der Waals surface area contributed by atoms with Crippen LogP contribution >= 0.6 is 23.4 Å². The number of alkyl halides is 2. The highest BCUT2D eigenvalue weighted by Gasteiger charge is 2.45. The Hall–Kier alpha value is -2.19. The van der Waals surface area contributed by atoms with Crippen LogP contribution in [0.4, 0.5) is 14.6 Å². The standard InChI is InChI=1S/C22H22ClF2N3O2S/c1-3-31-20-16(23)6-4-14-18(20)28(8-9-29)21-15(19(14)30)5-7-17(26-21)27(2)12-13-10-22(24,25)11-13/h4-7,9,13H,3,8,10-12H2,1-2H3. The second-order valence-electron chi connectivity index (χ2n) is 7.86. The molecule has 1 fully saturated rings. The van der Waals surface area contributed by atoms with E-state index in [1.165, 1.54) is 11.8 Å². The zero-order valence-electron chi connectivity index (χ0n) is 17.2. The molecule has 1 saturated carbocycles. The number of carbonyl (C=O) groups excluding carboxylic acids is 1. The summed E-state index contributed by atoms with van der Waals surface area (Å²) in [7, 11) is 1.79. The number of aromatic nitrogens is 2. The van der Waals surface area contributed by atoms with Crippen molar-refractivity contribution in [3.05, 3.63) is 39.5 Å². The molecule has 0 N–H and O–H groups in total. The number of benzene rings is 1. The third-order valence-electron chi connectivity index (χ3n) is 5.60. The summed E-state index contributed by atoms with van der Waals surface area (Å²) >= 11 is 7.93. The summed E-state index contributed by atoms with van der Waals surface area (Å²) in [6.07, 6.45) is 0.516. The fourth-order valence-corrected chi connectivity index (χ4v) is 5.38. The zero-order chi connectivity index (χ0) is 22.3. The first kappa shape index (κ1) is 22.0. The Labute approximate surface area is 187 Å². The monoisotopic (exact) mass is 465 g/mol. The highest BCUT2D eigenvalue weighted by Crippen LogP contribution is 2.43. The van der Waals surface area contributed by atoms with Gasteiger partial charge in [-0.1, -0.05) is 18.5 Å². The summed E-state index contributed by atoms with van der Waals surface area (Å²) in [5, 5.41) is 1.39. The first-order chi connectivity index (χ1) is 14.8. The van der Waals surface area contributed by atoms with Gasteiger partial charge in [-0.3, -0.25) is 4.79 Å². The quantitative estimate of drug-likeness (QED) is 0.279. The SMILES string of the molecule is CCSc1c(Cl)ccc2c(=O)c3ccc(N(C)CC4CC(F)(F)C4)nc3n(CC=O)c12. The largest absolute Gasteiger partial charge is 0.359 e. The van der Waals surface area contributed by atoms with Crippen LogP contribution in [-0.4, -0.2) is 41.1 Å². The fraction of sp³-hybridized carbons (Fsp3) is 0.409. The van der Waals surface area contributed by atoms with Crippen LogP contribution in [0.5, 0.6) is 0 Å². The molecule has 1 aromatic carbocycles. The van der Waals surface area contributed by atoms with Gasteiger partial charge in [0.05, 0.1) is 27.4 Å². The number of hydrogen-bond acceptors (Lipinski definition) is 5. The van der Waals surface area contributed by atoms with Crippen LogP contribution in [0.3, 0.4) is 0 Å².